The lowest BCUT2D eigenvalue weighted by Gasteiger charge is -2.36. The van der Waals surface area contributed by atoms with Crippen molar-refractivity contribution in [1.29, 1.82) is 0 Å². The Morgan fingerprint density at radius 2 is 2.00 bits per heavy atom. The maximum absolute atomic E-state index is 13.2. The molecule has 128 valence electrons. The fraction of sp³-hybridized carbons (Fsp3) is 0.263. The number of fused-ring (bicyclic) bond motifs is 1. The van der Waals surface area contributed by atoms with Crippen molar-refractivity contribution in [2.45, 2.75) is 6.04 Å². The molecule has 1 saturated heterocycles. The van der Waals surface area contributed by atoms with Crippen LogP contribution in [-0.2, 0) is 0 Å². The smallest absolute Gasteiger partial charge is 0.275 e. The topological polar surface area (TPSA) is 70.2 Å². The van der Waals surface area contributed by atoms with E-state index >= 15 is 0 Å². The highest BCUT2D eigenvalue weighted by Crippen LogP contribution is 2.31. The lowest BCUT2D eigenvalue weighted by atomic mass is 10.0. The third kappa shape index (κ3) is 2.74. The van der Waals surface area contributed by atoms with Gasteiger partial charge in [-0.25, -0.2) is 0 Å². The first-order valence-corrected chi connectivity index (χ1v) is 8.37. The van der Waals surface area contributed by atoms with E-state index in [4.69, 9.17) is 4.74 Å². The molecule has 1 aliphatic rings. The van der Waals surface area contributed by atoms with E-state index in [0.29, 0.717) is 18.8 Å². The van der Waals surface area contributed by atoms with Gasteiger partial charge in [-0.1, -0.05) is 36.4 Å². The van der Waals surface area contributed by atoms with E-state index in [1.165, 1.54) is 0 Å². The number of aromatic nitrogens is 2. The Hall–Kier alpha value is -2.86. The Balaban J connectivity index is 1.73. The summed E-state index contributed by atoms with van der Waals surface area (Å²) in [7, 11) is 1.66. The lowest BCUT2D eigenvalue weighted by Crippen LogP contribution is -2.48. The van der Waals surface area contributed by atoms with E-state index in [-0.39, 0.29) is 11.9 Å². The molecule has 0 spiro atoms. The highest BCUT2D eigenvalue weighted by Gasteiger charge is 2.32. The molecule has 6 heteroatoms. The molecule has 0 bridgehead atoms. The highest BCUT2D eigenvalue weighted by atomic mass is 16.5. The van der Waals surface area contributed by atoms with Crippen molar-refractivity contribution < 1.29 is 9.53 Å². The molecule has 6 nitrogen and oxygen atoms in total. The van der Waals surface area contributed by atoms with E-state index < -0.39 is 0 Å². The number of benzene rings is 2. The van der Waals surface area contributed by atoms with Gasteiger partial charge in [-0.2, -0.15) is 5.10 Å². The van der Waals surface area contributed by atoms with Crippen LogP contribution in [0.4, 0.5) is 0 Å². The molecule has 4 rings (SSSR count). The van der Waals surface area contributed by atoms with Crippen LogP contribution in [0.1, 0.15) is 22.1 Å². The number of para-hydroxylation sites is 2. The van der Waals surface area contributed by atoms with Crippen molar-refractivity contribution in [3.05, 3.63) is 59.8 Å². The Labute approximate surface area is 145 Å². The molecule has 1 atom stereocenters. The van der Waals surface area contributed by atoms with E-state index in [1.54, 1.807) is 7.11 Å². The average molecular weight is 336 g/mol. The number of hydrogen-bond donors (Lipinski definition) is 2. The summed E-state index contributed by atoms with van der Waals surface area (Å²) in [6.07, 6.45) is 0. The lowest BCUT2D eigenvalue weighted by molar-refractivity contribution is 0.0627. The number of hydrogen-bond acceptors (Lipinski definition) is 4. The molecule has 1 unspecified atom stereocenters. The quantitative estimate of drug-likeness (QED) is 0.770. The Kier molecular flexibility index (Phi) is 4.11. The first-order chi connectivity index (χ1) is 12.3. The van der Waals surface area contributed by atoms with Gasteiger partial charge in [-0.3, -0.25) is 9.89 Å². The van der Waals surface area contributed by atoms with Crippen LogP contribution in [0.3, 0.4) is 0 Å². The number of piperazine rings is 1. The van der Waals surface area contributed by atoms with Crippen molar-refractivity contribution in [3.8, 4) is 5.75 Å². The molecule has 25 heavy (non-hydrogen) atoms. The van der Waals surface area contributed by atoms with E-state index in [1.807, 2.05) is 53.4 Å². The third-order valence-electron chi connectivity index (χ3n) is 4.68. The number of nitrogens with zero attached hydrogens (tertiary/aromatic N) is 2. The SMILES string of the molecule is COc1ccccc1C1CNCCN1C(=O)c1n[nH]c2ccccc12. The summed E-state index contributed by atoms with van der Waals surface area (Å²) in [5.41, 5.74) is 2.35. The third-order valence-corrected chi connectivity index (χ3v) is 4.68. The van der Waals surface area contributed by atoms with Gasteiger partial charge in [0.1, 0.15) is 5.75 Å². The predicted octanol–water partition coefficient (Wildman–Crippen LogP) is 2.36. The molecule has 0 radical (unpaired) electrons. The first-order valence-electron chi connectivity index (χ1n) is 8.37. The van der Waals surface area contributed by atoms with E-state index in [0.717, 1.165) is 28.8 Å². The zero-order chi connectivity index (χ0) is 17.2. The van der Waals surface area contributed by atoms with Crippen LogP contribution in [0.5, 0.6) is 5.75 Å². The minimum Gasteiger partial charge on any atom is -0.496 e. The van der Waals surface area contributed by atoms with Crippen LogP contribution in [0.25, 0.3) is 10.9 Å². The van der Waals surface area contributed by atoms with Crippen LogP contribution in [0, 0.1) is 0 Å². The minimum absolute atomic E-state index is 0.0603. The summed E-state index contributed by atoms with van der Waals surface area (Å²) >= 11 is 0. The molecule has 1 fully saturated rings. The van der Waals surface area contributed by atoms with Gasteiger partial charge in [0.15, 0.2) is 5.69 Å². The fourth-order valence-electron chi connectivity index (χ4n) is 3.43. The van der Waals surface area contributed by atoms with Crippen molar-refractivity contribution in [2.75, 3.05) is 26.7 Å². The van der Waals surface area contributed by atoms with Gasteiger partial charge in [-0.05, 0) is 12.1 Å². The maximum Gasteiger partial charge on any atom is 0.275 e. The average Bonchev–Trinajstić information content (AvgIpc) is 3.11. The number of ether oxygens (including phenoxy) is 1. The van der Waals surface area contributed by atoms with Gasteiger partial charge in [0.05, 0.1) is 18.7 Å². The molecule has 2 N–H and O–H groups in total. The summed E-state index contributed by atoms with van der Waals surface area (Å²) < 4.78 is 5.50. The predicted molar refractivity (Wildman–Crippen MR) is 95.7 cm³/mol. The Bertz CT molecular complexity index is 905. The van der Waals surface area contributed by atoms with Gasteiger partial charge >= 0.3 is 0 Å². The molecule has 0 saturated carbocycles. The molecular formula is C19H20N4O2. The summed E-state index contributed by atoms with van der Waals surface area (Å²) in [4.78, 5) is 15.1. The van der Waals surface area contributed by atoms with Crippen molar-refractivity contribution >= 4 is 16.8 Å². The number of carbonyl (C=O) groups is 1. The zero-order valence-electron chi connectivity index (χ0n) is 14.0. The number of H-pyrrole nitrogens is 1. The number of amides is 1. The molecule has 3 aromatic rings. The summed E-state index contributed by atoms with van der Waals surface area (Å²) in [6.45, 7) is 2.08. The molecule has 1 amide bonds. The highest BCUT2D eigenvalue weighted by molar-refractivity contribution is 6.04. The van der Waals surface area contributed by atoms with Gasteiger partial charge in [0.2, 0.25) is 0 Å². The van der Waals surface area contributed by atoms with Crippen molar-refractivity contribution in [1.82, 2.24) is 20.4 Å². The molecule has 2 heterocycles. The number of rotatable bonds is 3. The normalized spacial score (nSPS) is 17.6. The van der Waals surface area contributed by atoms with Crippen LogP contribution in [0.2, 0.25) is 0 Å². The van der Waals surface area contributed by atoms with Crippen molar-refractivity contribution in [3.63, 3.8) is 0 Å². The van der Waals surface area contributed by atoms with Gasteiger partial charge < -0.3 is 15.0 Å². The summed E-state index contributed by atoms with van der Waals surface area (Å²) in [5.74, 6) is 0.732. The monoisotopic (exact) mass is 336 g/mol. The van der Waals surface area contributed by atoms with Crippen LogP contribution in [-0.4, -0.2) is 47.7 Å². The second-order valence-corrected chi connectivity index (χ2v) is 6.08. The summed E-state index contributed by atoms with van der Waals surface area (Å²) in [5, 5.41) is 11.4. The minimum atomic E-state index is -0.0899. The molecule has 2 aromatic carbocycles. The molecular weight excluding hydrogens is 316 g/mol. The second-order valence-electron chi connectivity index (χ2n) is 6.08. The van der Waals surface area contributed by atoms with Crippen LogP contribution in [0.15, 0.2) is 48.5 Å². The van der Waals surface area contributed by atoms with Gasteiger partial charge in [-0.15, -0.1) is 0 Å². The number of methoxy groups -OCH3 is 1. The largest absolute Gasteiger partial charge is 0.496 e. The number of aromatic amines is 1. The molecule has 1 aromatic heterocycles. The van der Waals surface area contributed by atoms with Crippen molar-refractivity contribution in [2.24, 2.45) is 0 Å². The second kappa shape index (κ2) is 6.57. The van der Waals surface area contributed by atoms with Gasteiger partial charge in [0.25, 0.3) is 5.91 Å². The zero-order valence-corrected chi connectivity index (χ0v) is 14.0. The molecule has 0 aliphatic carbocycles. The fourth-order valence-corrected chi connectivity index (χ4v) is 3.43. The standard InChI is InChI=1S/C19H20N4O2/c1-25-17-9-5-3-7-14(17)16-12-20-10-11-23(16)19(24)18-13-6-2-4-8-15(13)21-22-18/h2-9,16,20H,10-12H2,1H3,(H,21,22). The van der Waals surface area contributed by atoms with Crippen LogP contribution >= 0.6 is 0 Å². The van der Waals surface area contributed by atoms with Crippen LogP contribution < -0.4 is 10.1 Å². The maximum atomic E-state index is 13.2. The number of nitrogens with one attached hydrogen (secondary N) is 2. The Morgan fingerprint density at radius 1 is 1.20 bits per heavy atom. The van der Waals surface area contributed by atoms with E-state index in [9.17, 15) is 4.79 Å². The van der Waals surface area contributed by atoms with Gasteiger partial charge in [0, 0.05) is 30.6 Å². The summed E-state index contributed by atoms with van der Waals surface area (Å²) in [6, 6.07) is 15.5. The molecule has 1 aliphatic heterocycles. The Morgan fingerprint density at radius 3 is 2.88 bits per heavy atom. The van der Waals surface area contributed by atoms with E-state index in [2.05, 4.69) is 15.5 Å². The number of carbonyl (C=O) groups excluding carboxylic acids is 1. The first kappa shape index (κ1) is 15.7.